The molecule has 1 amide bonds. The number of carboxylic acid groups (broad SMARTS) is 1. The lowest BCUT2D eigenvalue weighted by Crippen LogP contribution is -2.28. The third-order valence-electron chi connectivity index (χ3n) is 4.27. The number of aromatic amines is 1. The minimum absolute atomic E-state index is 0.0750. The molecule has 24 heavy (non-hydrogen) atoms. The van der Waals surface area contributed by atoms with E-state index in [0.717, 1.165) is 33.9 Å². The first kappa shape index (κ1) is 14.9. The van der Waals surface area contributed by atoms with Crippen LogP contribution >= 0.6 is 11.3 Å². The van der Waals surface area contributed by atoms with Crippen molar-refractivity contribution in [3.05, 3.63) is 40.2 Å². The Labute approximate surface area is 140 Å². The van der Waals surface area contributed by atoms with Crippen LogP contribution in [-0.2, 0) is 0 Å². The summed E-state index contributed by atoms with van der Waals surface area (Å²) in [5.74, 6) is -0.0394. The first-order valence-electron chi connectivity index (χ1n) is 7.59. The van der Waals surface area contributed by atoms with Gasteiger partial charge in [0.1, 0.15) is 16.3 Å². The highest BCUT2D eigenvalue weighted by atomic mass is 32.1. The highest BCUT2D eigenvalue weighted by Crippen LogP contribution is 2.30. The fraction of sp³-hybridized carbons (Fsp3) is 0.312. The molecule has 4 rings (SSSR count). The molecule has 0 bridgehead atoms. The Morgan fingerprint density at radius 2 is 2.25 bits per heavy atom. The van der Waals surface area contributed by atoms with Gasteiger partial charge >= 0.3 is 5.97 Å². The van der Waals surface area contributed by atoms with Gasteiger partial charge in [-0.15, -0.1) is 11.3 Å². The molecule has 0 spiro atoms. The summed E-state index contributed by atoms with van der Waals surface area (Å²) < 4.78 is 6.08. The number of rotatable bonds is 3. The summed E-state index contributed by atoms with van der Waals surface area (Å²) in [7, 11) is 0. The number of thiophene rings is 1. The molecular weight excluding hydrogens is 330 g/mol. The molecule has 1 aliphatic heterocycles. The van der Waals surface area contributed by atoms with E-state index in [0.29, 0.717) is 24.3 Å². The Balaban J connectivity index is 1.51. The SMILES string of the molecule is Cc1cc(C2CCN(C(=O)c3cc4sc(C(=O)O)cc4[nH]3)C2)on1. The van der Waals surface area contributed by atoms with E-state index in [9.17, 15) is 9.59 Å². The number of aromatic carboxylic acids is 1. The molecule has 0 radical (unpaired) electrons. The topological polar surface area (TPSA) is 99.4 Å². The molecule has 2 N–H and O–H groups in total. The molecule has 0 aliphatic carbocycles. The normalized spacial score (nSPS) is 17.7. The number of hydrogen-bond acceptors (Lipinski definition) is 5. The summed E-state index contributed by atoms with van der Waals surface area (Å²) in [6, 6.07) is 5.20. The van der Waals surface area contributed by atoms with Crippen molar-refractivity contribution < 1.29 is 19.2 Å². The predicted molar refractivity (Wildman–Crippen MR) is 87.6 cm³/mol. The van der Waals surface area contributed by atoms with Crippen LogP contribution in [0.2, 0.25) is 0 Å². The third-order valence-corrected chi connectivity index (χ3v) is 5.34. The summed E-state index contributed by atoms with van der Waals surface area (Å²) in [5.41, 5.74) is 2.01. The summed E-state index contributed by atoms with van der Waals surface area (Å²) >= 11 is 1.16. The second kappa shape index (κ2) is 5.48. The third kappa shape index (κ3) is 2.48. The largest absolute Gasteiger partial charge is 0.477 e. The van der Waals surface area contributed by atoms with Crippen molar-refractivity contribution in [1.82, 2.24) is 15.0 Å². The second-order valence-corrected chi connectivity index (χ2v) is 7.07. The Hall–Kier alpha value is -2.61. The van der Waals surface area contributed by atoms with Gasteiger partial charge in [-0.05, 0) is 25.5 Å². The fourth-order valence-electron chi connectivity index (χ4n) is 3.07. The lowest BCUT2D eigenvalue weighted by molar-refractivity contribution is 0.0701. The van der Waals surface area contributed by atoms with Crippen LogP contribution in [0.5, 0.6) is 0 Å². The number of amides is 1. The van der Waals surface area contributed by atoms with Crippen LogP contribution in [0.25, 0.3) is 10.2 Å². The molecule has 4 heterocycles. The quantitative estimate of drug-likeness (QED) is 0.760. The molecule has 1 saturated heterocycles. The summed E-state index contributed by atoms with van der Waals surface area (Å²) in [6.45, 7) is 3.14. The number of fused-ring (bicyclic) bond motifs is 1. The lowest BCUT2D eigenvalue weighted by Gasteiger charge is -2.14. The zero-order valence-electron chi connectivity index (χ0n) is 12.9. The molecule has 3 aromatic heterocycles. The van der Waals surface area contributed by atoms with Crippen LogP contribution in [0.4, 0.5) is 0 Å². The zero-order chi connectivity index (χ0) is 16.8. The highest BCUT2D eigenvalue weighted by Gasteiger charge is 2.31. The van der Waals surface area contributed by atoms with E-state index in [1.807, 2.05) is 13.0 Å². The molecule has 1 aliphatic rings. The molecule has 1 atom stereocenters. The van der Waals surface area contributed by atoms with E-state index in [1.54, 1.807) is 17.0 Å². The molecule has 8 heteroatoms. The molecule has 124 valence electrons. The Bertz CT molecular complexity index is 907. The van der Waals surface area contributed by atoms with E-state index < -0.39 is 5.97 Å². The van der Waals surface area contributed by atoms with Gasteiger partial charge in [-0.3, -0.25) is 4.79 Å². The number of carbonyl (C=O) groups excluding carboxylic acids is 1. The van der Waals surface area contributed by atoms with Gasteiger partial charge in [-0.25, -0.2) is 4.79 Å². The van der Waals surface area contributed by atoms with E-state index in [-0.39, 0.29) is 16.7 Å². The van der Waals surface area contributed by atoms with Gasteiger partial charge in [0.2, 0.25) is 0 Å². The maximum absolute atomic E-state index is 12.7. The maximum Gasteiger partial charge on any atom is 0.345 e. The predicted octanol–water partition coefficient (Wildman–Crippen LogP) is 2.85. The molecule has 7 nitrogen and oxygen atoms in total. The smallest absolute Gasteiger partial charge is 0.345 e. The van der Waals surface area contributed by atoms with Crippen LogP contribution in [-0.4, -0.2) is 45.1 Å². The van der Waals surface area contributed by atoms with Crippen molar-refractivity contribution in [2.24, 2.45) is 0 Å². The number of carbonyl (C=O) groups is 2. The number of aryl methyl sites for hydroxylation is 1. The number of hydrogen-bond donors (Lipinski definition) is 2. The van der Waals surface area contributed by atoms with Gasteiger partial charge in [-0.2, -0.15) is 0 Å². The van der Waals surface area contributed by atoms with Gasteiger partial charge in [0, 0.05) is 25.1 Å². The first-order valence-corrected chi connectivity index (χ1v) is 8.41. The molecule has 3 aromatic rings. The number of carboxylic acids is 1. The average molecular weight is 345 g/mol. The highest BCUT2D eigenvalue weighted by molar-refractivity contribution is 7.20. The first-order chi connectivity index (χ1) is 11.5. The van der Waals surface area contributed by atoms with Crippen LogP contribution in [0.3, 0.4) is 0 Å². The van der Waals surface area contributed by atoms with E-state index >= 15 is 0 Å². The van der Waals surface area contributed by atoms with E-state index in [4.69, 9.17) is 9.63 Å². The average Bonchev–Trinajstić information content (AvgIpc) is 3.28. The van der Waals surface area contributed by atoms with Crippen molar-refractivity contribution >= 4 is 33.4 Å². The van der Waals surface area contributed by atoms with Crippen LogP contribution in [0.1, 0.15) is 44.0 Å². The van der Waals surface area contributed by atoms with Gasteiger partial charge in [0.05, 0.1) is 15.9 Å². The summed E-state index contributed by atoms with van der Waals surface area (Å²) in [6.07, 6.45) is 0.846. The Morgan fingerprint density at radius 1 is 1.42 bits per heavy atom. The van der Waals surface area contributed by atoms with Crippen LogP contribution in [0.15, 0.2) is 22.7 Å². The Kier molecular flexibility index (Phi) is 3.42. The van der Waals surface area contributed by atoms with Gasteiger partial charge < -0.3 is 19.5 Å². The standard InChI is InChI=1S/C16H15N3O4S/c1-8-4-12(23-18-8)9-2-3-19(7-9)15(20)11-6-13-10(17-11)5-14(24-13)16(21)22/h4-6,9,17H,2-3,7H2,1H3,(H,21,22). The minimum atomic E-state index is -0.956. The summed E-state index contributed by atoms with van der Waals surface area (Å²) in [5, 5.41) is 12.9. The van der Waals surface area contributed by atoms with E-state index in [2.05, 4.69) is 10.1 Å². The summed E-state index contributed by atoms with van der Waals surface area (Å²) in [4.78, 5) is 28.7. The van der Waals surface area contributed by atoms with E-state index in [1.165, 1.54) is 0 Å². The fourth-order valence-corrected chi connectivity index (χ4v) is 3.96. The van der Waals surface area contributed by atoms with Gasteiger partial charge in [-0.1, -0.05) is 5.16 Å². The van der Waals surface area contributed by atoms with Crippen molar-refractivity contribution in [3.8, 4) is 0 Å². The number of nitrogens with one attached hydrogen (secondary N) is 1. The van der Waals surface area contributed by atoms with Crippen molar-refractivity contribution in [1.29, 1.82) is 0 Å². The van der Waals surface area contributed by atoms with Crippen LogP contribution in [0, 0.1) is 6.92 Å². The maximum atomic E-state index is 12.7. The zero-order valence-corrected chi connectivity index (χ0v) is 13.7. The number of H-pyrrole nitrogens is 1. The van der Waals surface area contributed by atoms with Gasteiger partial charge in [0.15, 0.2) is 0 Å². The second-order valence-electron chi connectivity index (χ2n) is 5.98. The van der Waals surface area contributed by atoms with Crippen molar-refractivity contribution in [2.75, 3.05) is 13.1 Å². The minimum Gasteiger partial charge on any atom is -0.477 e. The number of aromatic nitrogens is 2. The van der Waals surface area contributed by atoms with Gasteiger partial charge in [0.25, 0.3) is 5.91 Å². The van der Waals surface area contributed by atoms with Crippen LogP contribution < -0.4 is 0 Å². The van der Waals surface area contributed by atoms with Crippen molar-refractivity contribution in [3.63, 3.8) is 0 Å². The molecule has 0 aromatic carbocycles. The molecule has 1 fully saturated rings. The molecule has 1 unspecified atom stereocenters. The Morgan fingerprint density at radius 3 is 2.92 bits per heavy atom. The van der Waals surface area contributed by atoms with Crippen molar-refractivity contribution in [2.45, 2.75) is 19.3 Å². The lowest BCUT2D eigenvalue weighted by atomic mass is 10.1. The molecule has 0 saturated carbocycles. The molecular formula is C16H15N3O4S. The number of likely N-dealkylation sites (tertiary alicyclic amines) is 1. The number of nitrogens with zero attached hydrogens (tertiary/aromatic N) is 2. The monoisotopic (exact) mass is 345 g/mol.